The van der Waals surface area contributed by atoms with E-state index >= 15 is 0 Å². The molecule has 0 aliphatic carbocycles. The first-order chi connectivity index (χ1) is 10.2. The van der Waals surface area contributed by atoms with E-state index < -0.39 is 0 Å². The van der Waals surface area contributed by atoms with Gasteiger partial charge in [0.2, 0.25) is 0 Å². The number of fused-ring (bicyclic) bond motifs is 1. The lowest BCUT2D eigenvalue weighted by molar-refractivity contribution is 0.171. The zero-order valence-corrected chi connectivity index (χ0v) is 12.6. The molecule has 0 amide bonds. The quantitative estimate of drug-likeness (QED) is 0.858. The third-order valence-electron chi connectivity index (χ3n) is 3.59. The van der Waals surface area contributed by atoms with Gasteiger partial charge in [0.15, 0.2) is 11.5 Å². The second kappa shape index (κ2) is 6.19. The lowest BCUT2D eigenvalue weighted by Gasteiger charge is -2.21. The molecule has 1 aliphatic heterocycles. The molecule has 3 nitrogen and oxygen atoms in total. The number of aryl methyl sites for hydroxylation is 1. The highest BCUT2D eigenvalue weighted by molar-refractivity contribution is 5.43. The average molecular weight is 283 g/mol. The highest BCUT2D eigenvalue weighted by Crippen LogP contribution is 2.31. The first kappa shape index (κ1) is 14.0. The molecule has 0 saturated carbocycles. The molecular weight excluding hydrogens is 262 g/mol. The van der Waals surface area contributed by atoms with Crippen molar-refractivity contribution in [1.82, 2.24) is 4.90 Å². The fourth-order valence-corrected chi connectivity index (χ4v) is 2.68. The van der Waals surface area contributed by atoms with E-state index in [1.807, 2.05) is 6.07 Å². The molecule has 2 aromatic carbocycles. The predicted molar refractivity (Wildman–Crippen MR) is 83.8 cm³/mol. The summed E-state index contributed by atoms with van der Waals surface area (Å²) in [6.45, 7) is 5.24. The van der Waals surface area contributed by atoms with Gasteiger partial charge in [-0.2, -0.15) is 0 Å². The molecule has 0 N–H and O–H groups in total. The van der Waals surface area contributed by atoms with Gasteiger partial charge in [-0.3, -0.25) is 4.90 Å². The summed E-state index contributed by atoms with van der Waals surface area (Å²) in [4.78, 5) is 2.31. The van der Waals surface area contributed by atoms with Crippen LogP contribution in [-0.4, -0.2) is 25.2 Å². The van der Waals surface area contributed by atoms with Crippen LogP contribution in [0.4, 0.5) is 0 Å². The maximum absolute atomic E-state index is 5.64. The van der Waals surface area contributed by atoms with Gasteiger partial charge in [0, 0.05) is 13.1 Å². The number of benzene rings is 2. The van der Waals surface area contributed by atoms with E-state index in [-0.39, 0.29) is 0 Å². The first-order valence-electron chi connectivity index (χ1n) is 7.33. The SMILES string of the molecule is Cc1cccc(CN(C)Cc2ccc3c(c2)OCCO3)c1. The van der Waals surface area contributed by atoms with E-state index in [0.29, 0.717) is 13.2 Å². The second-order valence-electron chi connectivity index (χ2n) is 5.64. The lowest BCUT2D eigenvalue weighted by Crippen LogP contribution is -2.18. The summed E-state index contributed by atoms with van der Waals surface area (Å²) < 4.78 is 11.2. The van der Waals surface area contributed by atoms with Gasteiger partial charge in [-0.25, -0.2) is 0 Å². The Bertz CT molecular complexity index is 624. The van der Waals surface area contributed by atoms with Crippen molar-refractivity contribution in [1.29, 1.82) is 0 Å². The van der Waals surface area contributed by atoms with Gasteiger partial charge < -0.3 is 9.47 Å². The van der Waals surface area contributed by atoms with Crippen molar-refractivity contribution < 1.29 is 9.47 Å². The summed E-state index contributed by atoms with van der Waals surface area (Å²) in [7, 11) is 2.14. The van der Waals surface area contributed by atoms with Crippen molar-refractivity contribution >= 4 is 0 Å². The summed E-state index contributed by atoms with van der Waals surface area (Å²) in [5, 5.41) is 0. The minimum atomic E-state index is 0.635. The smallest absolute Gasteiger partial charge is 0.161 e. The van der Waals surface area contributed by atoms with Crippen LogP contribution in [0.1, 0.15) is 16.7 Å². The molecule has 110 valence electrons. The highest BCUT2D eigenvalue weighted by Gasteiger charge is 2.12. The minimum absolute atomic E-state index is 0.635. The Morgan fingerprint density at radius 2 is 1.62 bits per heavy atom. The van der Waals surface area contributed by atoms with Gasteiger partial charge in [-0.15, -0.1) is 0 Å². The van der Waals surface area contributed by atoms with Crippen LogP contribution in [0.15, 0.2) is 42.5 Å². The first-order valence-corrected chi connectivity index (χ1v) is 7.33. The molecule has 1 aliphatic rings. The van der Waals surface area contributed by atoms with E-state index in [9.17, 15) is 0 Å². The summed E-state index contributed by atoms with van der Waals surface area (Å²) >= 11 is 0. The van der Waals surface area contributed by atoms with Crippen LogP contribution < -0.4 is 9.47 Å². The molecule has 3 heteroatoms. The van der Waals surface area contributed by atoms with Crippen LogP contribution in [0, 0.1) is 6.92 Å². The maximum atomic E-state index is 5.64. The largest absolute Gasteiger partial charge is 0.486 e. The van der Waals surface area contributed by atoms with E-state index in [0.717, 1.165) is 24.6 Å². The van der Waals surface area contributed by atoms with E-state index in [1.54, 1.807) is 0 Å². The van der Waals surface area contributed by atoms with Crippen LogP contribution in [0.3, 0.4) is 0 Å². The van der Waals surface area contributed by atoms with Crippen molar-refractivity contribution in [3.8, 4) is 11.5 Å². The van der Waals surface area contributed by atoms with Crippen LogP contribution in [0.2, 0.25) is 0 Å². The van der Waals surface area contributed by atoms with Gasteiger partial charge in [0.05, 0.1) is 0 Å². The highest BCUT2D eigenvalue weighted by atomic mass is 16.6. The number of nitrogens with zero attached hydrogens (tertiary/aromatic N) is 1. The Labute approximate surface area is 126 Å². The molecule has 0 radical (unpaired) electrons. The van der Waals surface area contributed by atoms with E-state index in [4.69, 9.17) is 9.47 Å². The Morgan fingerprint density at radius 1 is 0.905 bits per heavy atom. The summed E-state index contributed by atoms with van der Waals surface area (Å²) in [6, 6.07) is 14.9. The van der Waals surface area contributed by atoms with Crippen LogP contribution >= 0.6 is 0 Å². The molecule has 0 spiro atoms. The fourth-order valence-electron chi connectivity index (χ4n) is 2.68. The molecule has 0 aromatic heterocycles. The van der Waals surface area contributed by atoms with Crippen molar-refractivity contribution in [2.45, 2.75) is 20.0 Å². The monoisotopic (exact) mass is 283 g/mol. The molecule has 2 aromatic rings. The number of ether oxygens (including phenoxy) is 2. The number of rotatable bonds is 4. The molecule has 0 bridgehead atoms. The van der Waals surface area contributed by atoms with E-state index in [2.05, 4.69) is 55.3 Å². The van der Waals surface area contributed by atoms with Crippen molar-refractivity contribution in [3.05, 3.63) is 59.2 Å². The molecule has 0 saturated heterocycles. The Morgan fingerprint density at radius 3 is 2.38 bits per heavy atom. The van der Waals surface area contributed by atoms with Gasteiger partial charge in [-0.05, 0) is 37.2 Å². The van der Waals surface area contributed by atoms with Gasteiger partial charge in [-0.1, -0.05) is 35.9 Å². The van der Waals surface area contributed by atoms with Crippen molar-refractivity contribution in [2.75, 3.05) is 20.3 Å². The topological polar surface area (TPSA) is 21.7 Å². The Hall–Kier alpha value is -2.00. The van der Waals surface area contributed by atoms with Crippen LogP contribution in [0.25, 0.3) is 0 Å². The summed E-state index contributed by atoms with van der Waals surface area (Å²) in [5.74, 6) is 1.72. The van der Waals surface area contributed by atoms with Crippen molar-refractivity contribution in [2.24, 2.45) is 0 Å². The van der Waals surface area contributed by atoms with Crippen molar-refractivity contribution in [3.63, 3.8) is 0 Å². The minimum Gasteiger partial charge on any atom is -0.486 e. The third kappa shape index (κ3) is 3.56. The summed E-state index contributed by atoms with van der Waals surface area (Å²) in [6.07, 6.45) is 0. The Balaban J connectivity index is 1.65. The number of hydrogen-bond donors (Lipinski definition) is 0. The van der Waals surface area contributed by atoms with Gasteiger partial charge in [0.25, 0.3) is 0 Å². The fraction of sp³-hybridized carbons (Fsp3) is 0.333. The Kier molecular flexibility index (Phi) is 4.11. The molecule has 3 rings (SSSR count). The molecule has 0 unspecified atom stereocenters. The lowest BCUT2D eigenvalue weighted by atomic mass is 10.1. The standard InChI is InChI=1S/C18H21NO2/c1-14-4-3-5-15(10-14)12-19(2)13-16-6-7-17-18(11-16)21-9-8-20-17/h3-7,10-11H,8-9,12-13H2,1-2H3. The van der Waals surface area contributed by atoms with Crippen LogP contribution in [-0.2, 0) is 13.1 Å². The maximum Gasteiger partial charge on any atom is 0.161 e. The molecule has 21 heavy (non-hydrogen) atoms. The molecule has 0 atom stereocenters. The van der Waals surface area contributed by atoms with Gasteiger partial charge >= 0.3 is 0 Å². The summed E-state index contributed by atoms with van der Waals surface area (Å²) in [5.41, 5.74) is 3.89. The number of hydrogen-bond acceptors (Lipinski definition) is 3. The molecule has 0 fully saturated rings. The second-order valence-corrected chi connectivity index (χ2v) is 5.64. The zero-order chi connectivity index (χ0) is 14.7. The van der Waals surface area contributed by atoms with E-state index in [1.165, 1.54) is 16.7 Å². The average Bonchev–Trinajstić information content (AvgIpc) is 2.47. The molecule has 1 heterocycles. The third-order valence-corrected chi connectivity index (χ3v) is 3.59. The predicted octanol–water partition coefficient (Wildman–Crippen LogP) is 3.40. The zero-order valence-electron chi connectivity index (χ0n) is 12.6. The van der Waals surface area contributed by atoms with Gasteiger partial charge in [0.1, 0.15) is 13.2 Å². The van der Waals surface area contributed by atoms with Crippen LogP contribution in [0.5, 0.6) is 11.5 Å². The normalized spacial score (nSPS) is 13.5. The molecular formula is C18H21NO2.